The highest BCUT2D eigenvalue weighted by molar-refractivity contribution is 5.76. The Labute approximate surface area is 116 Å². The zero-order chi connectivity index (χ0) is 14.3. The summed E-state index contributed by atoms with van der Waals surface area (Å²) in [6.07, 6.45) is 4.93. The van der Waals surface area contributed by atoms with Crippen LogP contribution in [0, 0.1) is 5.41 Å². The van der Waals surface area contributed by atoms with Gasteiger partial charge in [0.2, 0.25) is 5.91 Å². The second-order valence-electron chi connectivity index (χ2n) is 6.06. The number of pyridine rings is 1. The Bertz CT molecular complexity index is 384. The number of aromatic nitrogens is 1. The molecule has 0 aliphatic carbocycles. The Kier molecular flexibility index (Phi) is 5.96. The summed E-state index contributed by atoms with van der Waals surface area (Å²) >= 11 is 0. The van der Waals surface area contributed by atoms with Crippen LogP contribution in [0.2, 0.25) is 0 Å². The normalized spacial score (nSPS) is 11.4. The zero-order valence-corrected chi connectivity index (χ0v) is 12.2. The molecule has 0 aliphatic heterocycles. The number of hydrogen-bond donors (Lipinski definition) is 1. The van der Waals surface area contributed by atoms with E-state index >= 15 is 0 Å². The smallest absolute Gasteiger partial charge is 0.223 e. The maximum atomic E-state index is 12.3. The van der Waals surface area contributed by atoms with Crippen molar-refractivity contribution in [1.29, 1.82) is 0 Å². The first-order chi connectivity index (χ1) is 8.92. The van der Waals surface area contributed by atoms with E-state index in [1.807, 2.05) is 17.0 Å². The molecular weight excluding hydrogens is 238 g/mol. The van der Waals surface area contributed by atoms with Crippen molar-refractivity contribution in [2.45, 2.75) is 40.2 Å². The Balaban J connectivity index is 2.68. The van der Waals surface area contributed by atoms with E-state index in [9.17, 15) is 4.79 Å². The van der Waals surface area contributed by atoms with Gasteiger partial charge in [-0.25, -0.2) is 0 Å². The first kappa shape index (κ1) is 15.6. The van der Waals surface area contributed by atoms with Gasteiger partial charge in [0, 0.05) is 31.9 Å². The van der Waals surface area contributed by atoms with Crippen molar-refractivity contribution in [1.82, 2.24) is 9.88 Å². The van der Waals surface area contributed by atoms with E-state index in [1.165, 1.54) is 0 Å². The van der Waals surface area contributed by atoms with Crippen molar-refractivity contribution in [3.8, 4) is 0 Å². The summed E-state index contributed by atoms with van der Waals surface area (Å²) in [5, 5.41) is 0. The molecule has 0 radical (unpaired) electrons. The third-order valence-electron chi connectivity index (χ3n) is 2.76. The molecule has 0 spiro atoms. The molecule has 4 heteroatoms. The summed E-state index contributed by atoms with van der Waals surface area (Å²) in [5.41, 5.74) is 6.61. The zero-order valence-electron chi connectivity index (χ0n) is 12.2. The molecule has 4 nitrogen and oxygen atoms in total. The van der Waals surface area contributed by atoms with Gasteiger partial charge in [-0.1, -0.05) is 26.8 Å². The maximum Gasteiger partial charge on any atom is 0.223 e. The minimum atomic E-state index is 0.00693. The molecule has 1 aromatic heterocycles. The topological polar surface area (TPSA) is 59.2 Å². The fourth-order valence-corrected chi connectivity index (χ4v) is 1.85. The molecule has 0 atom stereocenters. The molecule has 0 aromatic carbocycles. The van der Waals surface area contributed by atoms with Gasteiger partial charge >= 0.3 is 0 Å². The molecule has 2 N–H and O–H groups in total. The molecule has 1 amide bonds. The van der Waals surface area contributed by atoms with E-state index in [4.69, 9.17) is 5.73 Å². The SMILES string of the molecule is CC(C)(C)CC(=O)N(CCCN)Cc1cccnc1. The van der Waals surface area contributed by atoms with E-state index in [2.05, 4.69) is 25.8 Å². The number of carbonyl (C=O) groups excluding carboxylic acids is 1. The predicted octanol–water partition coefficient (Wildman–Crippen LogP) is 2.20. The van der Waals surface area contributed by atoms with Gasteiger partial charge in [0.15, 0.2) is 0 Å². The van der Waals surface area contributed by atoms with Crippen molar-refractivity contribution < 1.29 is 4.79 Å². The Morgan fingerprint density at radius 3 is 2.68 bits per heavy atom. The molecule has 19 heavy (non-hydrogen) atoms. The average Bonchev–Trinajstić information content (AvgIpc) is 2.33. The highest BCUT2D eigenvalue weighted by Gasteiger charge is 2.21. The molecule has 1 aromatic rings. The molecule has 0 aliphatic rings. The van der Waals surface area contributed by atoms with Crippen LogP contribution in [0.5, 0.6) is 0 Å². The largest absolute Gasteiger partial charge is 0.338 e. The van der Waals surface area contributed by atoms with Crippen LogP contribution in [0.4, 0.5) is 0 Å². The number of hydrogen-bond acceptors (Lipinski definition) is 3. The lowest BCUT2D eigenvalue weighted by Gasteiger charge is -2.26. The van der Waals surface area contributed by atoms with E-state index in [0.717, 1.165) is 12.0 Å². The standard InChI is InChI=1S/C15H25N3O/c1-15(2,3)10-14(19)18(9-5-7-16)12-13-6-4-8-17-11-13/h4,6,8,11H,5,7,9-10,12,16H2,1-3H3. The van der Waals surface area contributed by atoms with Gasteiger partial charge in [0.1, 0.15) is 0 Å². The molecule has 1 heterocycles. The highest BCUT2D eigenvalue weighted by atomic mass is 16.2. The van der Waals surface area contributed by atoms with Crippen molar-refractivity contribution in [2.75, 3.05) is 13.1 Å². The second-order valence-corrected chi connectivity index (χ2v) is 6.06. The van der Waals surface area contributed by atoms with Crippen molar-refractivity contribution in [3.05, 3.63) is 30.1 Å². The quantitative estimate of drug-likeness (QED) is 0.856. The van der Waals surface area contributed by atoms with E-state index in [-0.39, 0.29) is 11.3 Å². The van der Waals surface area contributed by atoms with Crippen LogP contribution in [0.3, 0.4) is 0 Å². The Morgan fingerprint density at radius 2 is 2.16 bits per heavy atom. The number of rotatable bonds is 6. The first-order valence-corrected chi connectivity index (χ1v) is 6.79. The van der Waals surface area contributed by atoms with E-state index < -0.39 is 0 Å². The van der Waals surface area contributed by atoms with Gasteiger partial charge in [0.25, 0.3) is 0 Å². The van der Waals surface area contributed by atoms with Crippen LogP contribution < -0.4 is 5.73 Å². The van der Waals surface area contributed by atoms with Gasteiger partial charge < -0.3 is 10.6 Å². The minimum absolute atomic E-state index is 0.00693. The van der Waals surface area contributed by atoms with Gasteiger partial charge in [-0.2, -0.15) is 0 Å². The first-order valence-electron chi connectivity index (χ1n) is 6.79. The summed E-state index contributed by atoms with van der Waals surface area (Å²) in [4.78, 5) is 18.3. The van der Waals surface area contributed by atoms with Gasteiger partial charge in [-0.3, -0.25) is 9.78 Å². The fraction of sp³-hybridized carbons (Fsp3) is 0.600. The van der Waals surface area contributed by atoms with Crippen molar-refractivity contribution in [3.63, 3.8) is 0 Å². The summed E-state index contributed by atoms with van der Waals surface area (Å²) in [7, 11) is 0. The number of nitrogens with zero attached hydrogens (tertiary/aromatic N) is 2. The highest BCUT2D eigenvalue weighted by Crippen LogP contribution is 2.20. The lowest BCUT2D eigenvalue weighted by molar-refractivity contribution is -0.133. The molecular formula is C15H25N3O. The lowest BCUT2D eigenvalue weighted by atomic mass is 9.91. The van der Waals surface area contributed by atoms with Crippen LogP contribution >= 0.6 is 0 Å². The average molecular weight is 263 g/mol. The molecule has 106 valence electrons. The van der Waals surface area contributed by atoms with Gasteiger partial charge in [-0.15, -0.1) is 0 Å². The second kappa shape index (κ2) is 7.24. The molecule has 0 fully saturated rings. The fourth-order valence-electron chi connectivity index (χ4n) is 1.85. The molecule has 0 saturated carbocycles. The molecule has 0 saturated heterocycles. The van der Waals surface area contributed by atoms with Crippen LogP contribution in [-0.2, 0) is 11.3 Å². The van der Waals surface area contributed by atoms with Crippen LogP contribution in [0.25, 0.3) is 0 Å². The van der Waals surface area contributed by atoms with Crippen molar-refractivity contribution >= 4 is 5.91 Å². The molecule has 0 unspecified atom stereocenters. The number of carbonyl (C=O) groups is 1. The third kappa shape index (κ3) is 6.34. The Hall–Kier alpha value is -1.42. The van der Waals surface area contributed by atoms with E-state index in [0.29, 0.717) is 26.1 Å². The Morgan fingerprint density at radius 1 is 1.42 bits per heavy atom. The third-order valence-corrected chi connectivity index (χ3v) is 2.76. The monoisotopic (exact) mass is 263 g/mol. The minimum Gasteiger partial charge on any atom is -0.338 e. The maximum absolute atomic E-state index is 12.3. The summed E-state index contributed by atoms with van der Waals surface area (Å²) in [5.74, 6) is 0.185. The summed E-state index contributed by atoms with van der Waals surface area (Å²) < 4.78 is 0. The van der Waals surface area contributed by atoms with Crippen LogP contribution in [0.1, 0.15) is 39.2 Å². The van der Waals surface area contributed by atoms with E-state index in [1.54, 1.807) is 12.4 Å². The predicted molar refractivity (Wildman–Crippen MR) is 77.4 cm³/mol. The van der Waals surface area contributed by atoms with Crippen molar-refractivity contribution in [2.24, 2.45) is 11.1 Å². The van der Waals surface area contributed by atoms with Crippen LogP contribution in [-0.4, -0.2) is 28.9 Å². The number of nitrogens with two attached hydrogens (primary N) is 1. The number of amides is 1. The van der Waals surface area contributed by atoms with Crippen LogP contribution in [0.15, 0.2) is 24.5 Å². The summed E-state index contributed by atoms with van der Waals surface area (Å²) in [6.45, 7) is 8.16. The van der Waals surface area contributed by atoms with Gasteiger partial charge in [0.05, 0.1) is 0 Å². The molecule has 0 bridgehead atoms. The lowest BCUT2D eigenvalue weighted by Crippen LogP contribution is -2.34. The van der Waals surface area contributed by atoms with Gasteiger partial charge in [-0.05, 0) is 30.0 Å². The summed E-state index contributed by atoms with van der Waals surface area (Å²) in [6, 6.07) is 3.89. The molecule has 1 rings (SSSR count).